The van der Waals surface area contributed by atoms with Crippen molar-refractivity contribution in [3.8, 4) is 0 Å². The number of rotatable bonds is 10. The van der Waals surface area contributed by atoms with E-state index >= 15 is 0 Å². The lowest BCUT2D eigenvalue weighted by atomic mass is 10.2. The normalized spacial score (nSPS) is 12.3. The van der Waals surface area contributed by atoms with Crippen LogP contribution in [0, 0.1) is 6.92 Å². The lowest BCUT2D eigenvalue weighted by Crippen LogP contribution is -2.26. The fourth-order valence-electron chi connectivity index (χ4n) is 3.74. The Morgan fingerprint density at radius 2 is 2.09 bits per heavy atom. The Morgan fingerprint density at radius 1 is 1.23 bits per heavy atom. The molecule has 0 spiro atoms. The summed E-state index contributed by atoms with van der Waals surface area (Å²) in [6, 6.07) is 3.95. The molecule has 11 nitrogen and oxygen atoms in total. The van der Waals surface area contributed by atoms with Crippen LogP contribution in [-0.2, 0) is 22.5 Å². The Hall–Kier alpha value is -3.80. The third kappa shape index (κ3) is 6.01. The van der Waals surface area contributed by atoms with Gasteiger partial charge in [0.1, 0.15) is 16.5 Å². The Labute approximate surface area is 207 Å². The summed E-state index contributed by atoms with van der Waals surface area (Å²) >= 11 is 1.20. The van der Waals surface area contributed by atoms with Gasteiger partial charge in [0, 0.05) is 51.1 Å². The quantitative estimate of drug-likeness (QED) is 0.284. The minimum absolute atomic E-state index is 0.0822. The summed E-state index contributed by atoms with van der Waals surface area (Å²) < 4.78 is 5.12. The summed E-state index contributed by atoms with van der Waals surface area (Å²) in [5.74, 6) is 1.42. The molecule has 0 unspecified atom stereocenters. The van der Waals surface area contributed by atoms with Crippen LogP contribution in [0.4, 0.5) is 22.7 Å². The minimum atomic E-state index is -0.395. The van der Waals surface area contributed by atoms with Gasteiger partial charge >= 0.3 is 5.97 Å². The number of esters is 1. The molecule has 3 N–H and O–H groups in total. The number of nitrogens with one attached hydrogen (secondary N) is 3. The summed E-state index contributed by atoms with van der Waals surface area (Å²) in [6.45, 7) is 7.79. The molecule has 1 amide bonds. The fraction of sp³-hybridized carbons (Fsp3) is 0.391. The maximum atomic E-state index is 12.2. The second-order valence-electron chi connectivity index (χ2n) is 7.92. The highest BCUT2D eigenvalue weighted by atomic mass is 32.1. The molecule has 4 heterocycles. The lowest BCUT2D eigenvalue weighted by Gasteiger charge is -2.19. The van der Waals surface area contributed by atoms with Crippen molar-refractivity contribution in [2.75, 3.05) is 41.8 Å². The zero-order valence-electron chi connectivity index (χ0n) is 19.9. The zero-order valence-corrected chi connectivity index (χ0v) is 20.7. The lowest BCUT2D eigenvalue weighted by molar-refractivity contribution is -0.118. The molecule has 12 heteroatoms. The van der Waals surface area contributed by atoms with Gasteiger partial charge in [0.25, 0.3) is 0 Å². The largest absolute Gasteiger partial charge is 0.462 e. The van der Waals surface area contributed by atoms with E-state index in [-0.39, 0.29) is 5.91 Å². The summed E-state index contributed by atoms with van der Waals surface area (Å²) in [6.07, 6.45) is 4.39. The van der Waals surface area contributed by atoms with E-state index in [0.29, 0.717) is 53.7 Å². The van der Waals surface area contributed by atoms with E-state index in [4.69, 9.17) is 9.72 Å². The number of ether oxygens (including phenoxy) is 1. The minimum Gasteiger partial charge on any atom is -0.462 e. The number of aryl methyl sites for hydroxylation is 1. The third-order valence-electron chi connectivity index (χ3n) is 5.28. The Bertz CT molecular complexity index is 1200. The second kappa shape index (κ2) is 11.1. The SMILES string of the molecule is CCOC(=O)c1sc(Nc2nc(NCCNC(C)=O)c3c(n2)N(Cc2cccnc2)CC3)nc1C. The van der Waals surface area contributed by atoms with Gasteiger partial charge in [-0.15, -0.1) is 0 Å². The van der Waals surface area contributed by atoms with Crippen molar-refractivity contribution in [2.24, 2.45) is 0 Å². The monoisotopic (exact) mass is 496 g/mol. The molecular formula is C23H28N8O3S. The zero-order chi connectivity index (χ0) is 24.8. The number of nitrogens with zero attached hydrogens (tertiary/aromatic N) is 5. The van der Waals surface area contributed by atoms with Crippen molar-refractivity contribution < 1.29 is 14.3 Å². The average molecular weight is 497 g/mol. The first-order chi connectivity index (χ1) is 16.9. The molecule has 0 aliphatic carbocycles. The third-order valence-corrected chi connectivity index (χ3v) is 6.33. The van der Waals surface area contributed by atoms with Gasteiger partial charge < -0.3 is 20.3 Å². The number of fused-ring (bicyclic) bond motifs is 1. The molecule has 0 atom stereocenters. The van der Waals surface area contributed by atoms with Crippen LogP contribution in [0.1, 0.15) is 40.3 Å². The molecule has 3 aromatic heterocycles. The van der Waals surface area contributed by atoms with Crippen LogP contribution >= 0.6 is 11.3 Å². The number of hydrogen-bond donors (Lipinski definition) is 3. The van der Waals surface area contributed by atoms with E-state index < -0.39 is 5.97 Å². The first kappa shape index (κ1) is 24.3. The molecule has 184 valence electrons. The van der Waals surface area contributed by atoms with Crippen molar-refractivity contribution in [3.63, 3.8) is 0 Å². The van der Waals surface area contributed by atoms with Crippen LogP contribution in [0.25, 0.3) is 0 Å². The summed E-state index contributed by atoms with van der Waals surface area (Å²) in [4.78, 5) is 44.2. The van der Waals surface area contributed by atoms with Crippen molar-refractivity contribution >= 4 is 45.9 Å². The number of aromatic nitrogens is 4. The van der Waals surface area contributed by atoms with Gasteiger partial charge in [0.05, 0.1) is 12.3 Å². The Kier molecular flexibility index (Phi) is 7.70. The summed E-state index contributed by atoms with van der Waals surface area (Å²) in [5, 5.41) is 9.77. The van der Waals surface area contributed by atoms with Crippen molar-refractivity contribution in [3.05, 3.63) is 46.2 Å². The number of carbonyl (C=O) groups is 2. The van der Waals surface area contributed by atoms with Crippen LogP contribution in [0.5, 0.6) is 0 Å². The van der Waals surface area contributed by atoms with Gasteiger partial charge in [-0.3, -0.25) is 15.1 Å². The molecule has 0 fully saturated rings. The van der Waals surface area contributed by atoms with Crippen molar-refractivity contribution in [1.29, 1.82) is 0 Å². The van der Waals surface area contributed by atoms with E-state index in [1.165, 1.54) is 18.3 Å². The highest BCUT2D eigenvalue weighted by Crippen LogP contribution is 2.34. The van der Waals surface area contributed by atoms with E-state index in [2.05, 4.69) is 35.8 Å². The maximum Gasteiger partial charge on any atom is 0.350 e. The molecule has 0 saturated heterocycles. The molecule has 1 aliphatic heterocycles. The number of pyridine rings is 1. The van der Waals surface area contributed by atoms with Crippen LogP contribution in [0.2, 0.25) is 0 Å². The van der Waals surface area contributed by atoms with Gasteiger partial charge in [-0.25, -0.2) is 9.78 Å². The van der Waals surface area contributed by atoms with Crippen LogP contribution < -0.4 is 20.9 Å². The summed E-state index contributed by atoms with van der Waals surface area (Å²) in [5.41, 5.74) is 2.69. The van der Waals surface area contributed by atoms with E-state index in [1.54, 1.807) is 20.0 Å². The molecule has 1 aliphatic rings. The van der Waals surface area contributed by atoms with Crippen LogP contribution in [0.3, 0.4) is 0 Å². The number of hydrogen-bond acceptors (Lipinski definition) is 11. The Morgan fingerprint density at radius 3 is 2.83 bits per heavy atom. The molecule has 4 rings (SSSR count). The van der Waals surface area contributed by atoms with Gasteiger partial charge in [-0.1, -0.05) is 17.4 Å². The highest BCUT2D eigenvalue weighted by molar-refractivity contribution is 7.17. The predicted octanol–water partition coefficient (Wildman–Crippen LogP) is 2.67. The van der Waals surface area contributed by atoms with Crippen molar-refractivity contribution in [2.45, 2.75) is 33.7 Å². The van der Waals surface area contributed by atoms with Gasteiger partial charge in [-0.05, 0) is 31.9 Å². The molecule has 0 radical (unpaired) electrons. The fourth-order valence-corrected chi connectivity index (χ4v) is 4.59. The van der Waals surface area contributed by atoms with Gasteiger partial charge in [0.15, 0.2) is 5.13 Å². The maximum absolute atomic E-state index is 12.2. The second-order valence-corrected chi connectivity index (χ2v) is 8.92. The highest BCUT2D eigenvalue weighted by Gasteiger charge is 2.26. The predicted molar refractivity (Wildman–Crippen MR) is 134 cm³/mol. The van der Waals surface area contributed by atoms with Crippen LogP contribution in [-0.4, -0.2) is 58.1 Å². The molecule has 35 heavy (non-hydrogen) atoms. The first-order valence-electron chi connectivity index (χ1n) is 11.4. The number of anilines is 4. The summed E-state index contributed by atoms with van der Waals surface area (Å²) in [7, 11) is 0. The van der Waals surface area contributed by atoms with Crippen molar-refractivity contribution in [1.82, 2.24) is 25.3 Å². The first-order valence-corrected chi connectivity index (χ1v) is 12.2. The van der Waals surface area contributed by atoms with Gasteiger partial charge in [-0.2, -0.15) is 9.97 Å². The van der Waals surface area contributed by atoms with Crippen LogP contribution in [0.15, 0.2) is 24.5 Å². The number of carbonyl (C=O) groups excluding carboxylic acids is 2. The molecular weight excluding hydrogens is 468 g/mol. The molecule has 0 bridgehead atoms. The Balaban J connectivity index is 1.60. The number of amides is 1. The van der Waals surface area contributed by atoms with Gasteiger partial charge in [0.2, 0.25) is 11.9 Å². The van der Waals surface area contributed by atoms with E-state index in [1.807, 2.05) is 18.3 Å². The molecule has 0 saturated carbocycles. The average Bonchev–Trinajstić information content (AvgIpc) is 3.40. The number of thiazole rings is 1. The molecule has 0 aromatic carbocycles. The topological polar surface area (TPSA) is 134 Å². The smallest absolute Gasteiger partial charge is 0.350 e. The van der Waals surface area contributed by atoms with E-state index in [9.17, 15) is 9.59 Å². The standard InChI is InChI=1S/C23H28N8O3S/c1-4-34-21(33)18-14(2)27-23(35-18)30-22-28-19(26-10-9-25-15(3)32)17-7-11-31(20(17)29-22)13-16-6-5-8-24-12-16/h5-6,8,12H,4,7,9-11,13H2,1-3H3,(H,25,32)(H2,26,27,28,29,30). The molecule has 3 aromatic rings. The van der Waals surface area contributed by atoms with E-state index in [0.717, 1.165) is 29.9 Å².